The van der Waals surface area contributed by atoms with Crippen molar-refractivity contribution >= 4 is 23.3 Å². The summed E-state index contributed by atoms with van der Waals surface area (Å²) in [5, 5.41) is 18.4. The number of carbonyl (C=O) groups is 1. The molecule has 7 heteroatoms. The summed E-state index contributed by atoms with van der Waals surface area (Å²) in [5.74, 6) is -2.55. The third-order valence-electron chi connectivity index (χ3n) is 1.47. The van der Waals surface area contributed by atoms with Gasteiger partial charge in [0.15, 0.2) is 0 Å². The van der Waals surface area contributed by atoms with Gasteiger partial charge in [0, 0.05) is 0 Å². The van der Waals surface area contributed by atoms with Crippen LogP contribution in [0.1, 0.15) is 10.4 Å². The lowest BCUT2D eigenvalue weighted by molar-refractivity contribution is -0.385. The summed E-state index contributed by atoms with van der Waals surface area (Å²) in [6.07, 6.45) is 0. The molecule has 1 aromatic rings. The lowest BCUT2D eigenvalue weighted by Crippen LogP contribution is -2.03. The van der Waals surface area contributed by atoms with Crippen LogP contribution in [0.5, 0.6) is 0 Å². The Kier molecular flexibility index (Phi) is 2.66. The molecule has 0 aromatic heterocycles. The summed E-state index contributed by atoms with van der Waals surface area (Å²) >= 11 is 5.27. The first kappa shape index (κ1) is 10.4. The zero-order valence-electron chi connectivity index (χ0n) is 6.53. The minimum Gasteiger partial charge on any atom is -0.477 e. The normalized spacial score (nSPS) is 9.86. The van der Waals surface area contributed by atoms with E-state index in [0.717, 1.165) is 0 Å². The number of nitrogens with zero attached hydrogens (tertiary/aromatic N) is 1. The third kappa shape index (κ3) is 1.80. The molecule has 0 fully saturated rings. The summed E-state index contributed by atoms with van der Waals surface area (Å²) in [6, 6.07) is 1.18. The molecule has 0 saturated carbocycles. The molecule has 0 heterocycles. The second kappa shape index (κ2) is 3.59. The van der Waals surface area contributed by atoms with Gasteiger partial charge in [0.05, 0.1) is 16.0 Å². The van der Waals surface area contributed by atoms with Gasteiger partial charge < -0.3 is 5.11 Å². The van der Waals surface area contributed by atoms with Crippen molar-refractivity contribution in [2.45, 2.75) is 0 Å². The highest BCUT2D eigenvalue weighted by Crippen LogP contribution is 2.25. The molecule has 1 aromatic carbocycles. The van der Waals surface area contributed by atoms with E-state index in [2.05, 4.69) is 0 Å². The fourth-order valence-corrected chi connectivity index (χ4v) is 1.02. The van der Waals surface area contributed by atoms with Gasteiger partial charge in [-0.05, 0) is 6.07 Å². The molecule has 0 unspecified atom stereocenters. The van der Waals surface area contributed by atoms with Crippen molar-refractivity contribution in [2.24, 2.45) is 0 Å². The molecule has 74 valence electrons. The SMILES string of the molecule is O=C(O)c1cc(Cl)c(F)cc1[N+](=O)[O-]. The van der Waals surface area contributed by atoms with Gasteiger partial charge in [-0.2, -0.15) is 0 Å². The first-order valence-corrected chi connectivity index (χ1v) is 3.68. The van der Waals surface area contributed by atoms with Crippen molar-refractivity contribution in [3.63, 3.8) is 0 Å². The zero-order chi connectivity index (χ0) is 10.9. The molecule has 0 amide bonds. The molecule has 0 atom stereocenters. The molecule has 0 spiro atoms. The number of halogens is 2. The number of benzene rings is 1. The predicted molar refractivity (Wildman–Crippen MR) is 45.0 cm³/mol. The van der Waals surface area contributed by atoms with Crippen molar-refractivity contribution in [1.82, 2.24) is 0 Å². The summed E-state index contributed by atoms with van der Waals surface area (Å²) in [4.78, 5) is 19.8. The monoisotopic (exact) mass is 219 g/mol. The molecular weight excluding hydrogens is 217 g/mol. The van der Waals surface area contributed by atoms with E-state index >= 15 is 0 Å². The standard InChI is InChI=1S/C7H3ClFNO4/c8-4-1-3(7(11)12)6(10(13)14)2-5(4)9/h1-2H,(H,11,12). The minimum atomic E-state index is -1.53. The molecule has 1 rings (SSSR count). The number of carboxylic acid groups (broad SMARTS) is 1. The van der Waals surface area contributed by atoms with Crippen LogP contribution in [-0.2, 0) is 0 Å². The third-order valence-corrected chi connectivity index (χ3v) is 1.76. The first-order valence-electron chi connectivity index (χ1n) is 3.30. The maximum absolute atomic E-state index is 12.8. The topological polar surface area (TPSA) is 80.4 Å². The molecule has 0 bridgehead atoms. The van der Waals surface area contributed by atoms with Crippen molar-refractivity contribution in [2.75, 3.05) is 0 Å². The summed E-state index contributed by atoms with van der Waals surface area (Å²) in [5.41, 5.74) is -1.46. The van der Waals surface area contributed by atoms with Crippen LogP contribution in [0.2, 0.25) is 5.02 Å². The van der Waals surface area contributed by atoms with Gasteiger partial charge in [-0.3, -0.25) is 10.1 Å². The van der Waals surface area contributed by atoms with E-state index in [9.17, 15) is 19.3 Å². The Morgan fingerprint density at radius 3 is 2.57 bits per heavy atom. The maximum atomic E-state index is 12.8. The number of nitro groups is 1. The number of rotatable bonds is 2. The molecular formula is C7H3ClFNO4. The number of carboxylic acids is 1. The molecule has 0 aliphatic rings. The predicted octanol–water partition coefficient (Wildman–Crippen LogP) is 2.09. The average Bonchev–Trinajstić information content (AvgIpc) is 2.08. The molecule has 0 radical (unpaired) electrons. The van der Waals surface area contributed by atoms with Gasteiger partial charge in [-0.25, -0.2) is 9.18 Å². The van der Waals surface area contributed by atoms with E-state index < -0.39 is 33.0 Å². The fraction of sp³-hybridized carbons (Fsp3) is 0. The van der Waals surface area contributed by atoms with Crippen molar-refractivity contribution < 1.29 is 19.2 Å². The first-order chi connectivity index (χ1) is 6.43. The van der Waals surface area contributed by atoms with Crippen molar-refractivity contribution in [1.29, 1.82) is 0 Å². The lowest BCUT2D eigenvalue weighted by atomic mass is 10.2. The second-order valence-corrected chi connectivity index (χ2v) is 2.75. The van der Waals surface area contributed by atoms with E-state index in [1.807, 2.05) is 0 Å². The highest BCUT2D eigenvalue weighted by Gasteiger charge is 2.22. The number of aromatic carboxylic acids is 1. The Morgan fingerprint density at radius 1 is 1.57 bits per heavy atom. The van der Waals surface area contributed by atoms with Gasteiger partial charge in [0.1, 0.15) is 11.4 Å². The number of hydrogen-bond acceptors (Lipinski definition) is 3. The van der Waals surface area contributed by atoms with Crippen LogP contribution in [-0.4, -0.2) is 16.0 Å². The Hall–Kier alpha value is -1.69. The van der Waals surface area contributed by atoms with Crippen molar-refractivity contribution in [3.05, 3.63) is 38.7 Å². The molecule has 0 saturated heterocycles. The Balaban J connectivity index is 3.46. The average molecular weight is 220 g/mol. The van der Waals surface area contributed by atoms with Crippen LogP contribution in [0, 0.1) is 15.9 Å². The summed E-state index contributed by atoms with van der Waals surface area (Å²) in [7, 11) is 0. The minimum absolute atomic E-state index is 0.465. The van der Waals surface area contributed by atoms with E-state index in [1.54, 1.807) is 0 Å². The van der Waals surface area contributed by atoms with Gasteiger partial charge in [0.25, 0.3) is 5.69 Å². The van der Waals surface area contributed by atoms with Gasteiger partial charge in [0.2, 0.25) is 0 Å². The van der Waals surface area contributed by atoms with Crippen LogP contribution in [0.3, 0.4) is 0 Å². The van der Waals surface area contributed by atoms with Crippen LogP contribution in [0.15, 0.2) is 12.1 Å². The van der Waals surface area contributed by atoms with Crippen LogP contribution in [0.4, 0.5) is 10.1 Å². The van der Waals surface area contributed by atoms with E-state index in [0.29, 0.717) is 12.1 Å². The molecule has 14 heavy (non-hydrogen) atoms. The second-order valence-electron chi connectivity index (χ2n) is 2.35. The van der Waals surface area contributed by atoms with Crippen molar-refractivity contribution in [3.8, 4) is 0 Å². The van der Waals surface area contributed by atoms with E-state index in [1.165, 1.54) is 0 Å². The van der Waals surface area contributed by atoms with Gasteiger partial charge in [-0.1, -0.05) is 11.6 Å². The quantitative estimate of drug-likeness (QED) is 0.610. The Morgan fingerprint density at radius 2 is 2.14 bits per heavy atom. The smallest absolute Gasteiger partial charge is 0.342 e. The van der Waals surface area contributed by atoms with Gasteiger partial charge in [-0.15, -0.1) is 0 Å². The summed E-state index contributed by atoms with van der Waals surface area (Å²) < 4.78 is 12.8. The highest BCUT2D eigenvalue weighted by atomic mass is 35.5. The number of hydrogen-bond donors (Lipinski definition) is 1. The Labute approximate surface area is 81.9 Å². The zero-order valence-corrected chi connectivity index (χ0v) is 7.29. The largest absolute Gasteiger partial charge is 0.477 e. The maximum Gasteiger partial charge on any atom is 0.342 e. The lowest BCUT2D eigenvalue weighted by Gasteiger charge is -1.99. The molecule has 1 N–H and O–H groups in total. The number of nitro benzene ring substituents is 1. The Bertz CT molecular complexity index is 381. The van der Waals surface area contributed by atoms with Crippen LogP contribution in [0.25, 0.3) is 0 Å². The highest BCUT2D eigenvalue weighted by molar-refractivity contribution is 6.31. The van der Waals surface area contributed by atoms with E-state index in [-0.39, 0.29) is 0 Å². The summed E-state index contributed by atoms with van der Waals surface area (Å²) in [6.45, 7) is 0. The van der Waals surface area contributed by atoms with Crippen LogP contribution >= 0.6 is 11.6 Å². The molecule has 0 aliphatic carbocycles. The van der Waals surface area contributed by atoms with Gasteiger partial charge >= 0.3 is 5.97 Å². The van der Waals surface area contributed by atoms with E-state index in [4.69, 9.17) is 16.7 Å². The molecule has 5 nitrogen and oxygen atoms in total. The van der Waals surface area contributed by atoms with Crippen LogP contribution < -0.4 is 0 Å². The fourth-order valence-electron chi connectivity index (χ4n) is 0.859. The molecule has 0 aliphatic heterocycles.